The molecule has 3 N–H and O–H groups in total. The molecule has 8 heteroatoms. The molecule has 0 fully saturated rings. The molecule has 0 saturated heterocycles. The minimum Gasteiger partial charge on any atom is -0.474 e. The standard InChI is InChI=1S/C10H16N4O4/c1-16-2-3-17-4-5-18-9-7-12-8(6-13-9)10(11)14-15/h6-7,15H,2-5H2,1H3,(H2,11,14). The van der Waals surface area contributed by atoms with Gasteiger partial charge in [-0.15, -0.1) is 0 Å². The molecule has 1 heterocycles. The van der Waals surface area contributed by atoms with E-state index >= 15 is 0 Å². The van der Waals surface area contributed by atoms with Crippen LogP contribution >= 0.6 is 0 Å². The van der Waals surface area contributed by atoms with Gasteiger partial charge in [-0.2, -0.15) is 0 Å². The average molecular weight is 256 g/mol. The number of nitrogens with two attached hydrogens (primary N) is 1. The molecule has 0 amide bonds. The van der Waals surface area contributed by atoms with Crippen LogP contribution in [0.3, 0.4) is 0 Å². The summed E-state index contributed by atoms with van der Waals surface area (Å²) >= 11 is 0. The van der Waals surface area contributed by atoms with E-state index in [9.17, 15) is 0 Å². The van der Waals surface area contributed by atoms with Crippen LogP contribution in [0.2, 0.25) is 0 Å². The number of hydrogen-bond acceptors (Lipinski definition) is 7. The molecular weight excluding hydrogens is 240 g/mol. The summed E-state index contributed by atoms with van der Waals surface area (Å²) in [5, 5.41) is 11.3. The molecule has 1 aromatic heterocycles. The fourth-order valence-corrected chi connectivity index (χ4v) is 1.02. The van der Waals surface area contributed by atoms with Crippen molar-refractivity contribution in [2.24, 2.45) is 10.9 Å². The second-order valence-corrected chi connectivity index (χ2v) is 3.18. The van der Waals surface area contributed by atoms with Gasteiger partial charge in [-0.05, 0) is 0 Å². The van der Waals surface area contributed by atoms with E-state index in [-0.39, 0.29) is 11.5 Å². The molecule has 1 aromatic rings. The summed E-state index contributed by atoms with van der Waals surface area (Å²) in [6.07, 6.45) is 2.75. The number of methoxy groups -OCH3 is 1. The zero-order chi connectivity index (χ0) is 13.2. The number of amidine groups is 1. The summed E-state index contributed by atoms with van der Waals surface area (Å²) < 4.78 is 15.3. The van der Waals surface area contributed by atoms with E-state index in [0.717, 1.165) is 0 Å². The third kappa shape index (κ3) is 4.93. The van der Waals surface area contributed by atoms with E-state index in [4.69, 9.17) is 25.2 Å². The highest BCUT2D eigenvalue weighted by Gasteiger charge is 2.02. The van der Waals surface area contributed by atoms with Crippen LogP contribution in [0.4, 0.5) is 0 Å². The van der Waals surface area contributed by atoms with Crippen LogP contribution in [0.1, 0.15) is 5.69 Å². The van der Waals surface area contributed by atoms with E-state index < -0.39 is 0 Å². The molecule has 0 radical (unpaired) electrons. The molecule has 18 heavy (non-hydrogen) atoms. The third-order valence-corrected chi connectivity index (χ3v) is 1.91. The highest BCUT2D eigenvalue weighted by atomic mass is 16.5. The fourth-order valence-electron chi connectivity index (χ4n) is 1.02. The zero-order valence-electron chi connectivity index (χ0n) is 10.1. The summed E-state index contributed by atoms with van der Waals surface area (Å²) in [5.41, 5.74) is 5.62. The molecule has 1 rings (SSSR count). The number of rotatable bonds is 8. The first-order chi connectivity index (χ1) is 8.77. The second kappa shape index (κ2) is 8.20. The number of oxime groups is 1. The lowest BCUT2D eigenvalue weighted by Crippen LogP contribution is -2.16. The quantitative estimate of drug-likeness (QED) is 0.214. The molecule has 8 nitrogen and oxygen atoms in total. The van der Waals surface area contributed by atoms with Crippen LogP contribution in [0.5, 0.6) is 5.88 Å². The second-order valence-electron chi connectivity index (χ2n) is 3.18. The van der Waals surface area contributed by atoms with Gasteiger partial charge < -0.3 is 25.2 Å². The van der Waals surface area contributed by atoms with Gasteiger partial charge in [0.05, 0.1) is 32.2 Å². The lowest BCUT2D eigenvalue weighted by molar-refractivity contribution is 0.0536. The Balaban J connectivity index is 2.27. The van der Waals surface area contributed by atoms with Crippen molar-refractivity contribution in [3.05, 3.63) is 18.1 Å². The molecule has 0 aromatic carbocycles. The first kappa shape index (κ1) is 14.1. The van der Waals surface area contributed by atoms with Gasteiger partial charge in [0, 0.05) is 7.11 Å². The maximum absolute atomic E-state index is 8.44. The predicted molar refractivity (Wildman–Crippen MR) is 62.7 cm³/mol. The van der Waals surface area contributed by atoms with Gasteiger partial charge in [-0.25, -0.2) is 9.97 Å². The molecule has 0 saturated carbocycles. The molecule has 0 atom stereocenters. The van der Waals surface area contributed by atoms with Gasteiger partial charge in [-0.1, -0.05) is 5.16 Å². The van der Waals surface area contributed by atoms with Crippen LogP contribution in [-0.4, -0.2) is 54.5 Å². The van der Waals surface area contributed by atoms with Crippen LogP contribution in [-0.2, 0) is 9.47 Å². The summed E-state index contributed by atoms with van der Waals surface area (Å²) in [7, 11) is 1.61. The summed E-state index contributed by atoms with van der Waals surface area (Å²) in [6, 6.07) is 0. The number of nitrogens with zero attached hydrogens (tertiary/aromatic N) is 3. The lowest BCUT2D eigenvalue weighted by atomic mass is 10.4. The Morgan fingerprint density at radius 1 is 1.28 bits per heavy atom. The molecule has 0 aliphatic carbocycles. The van der Waals surface area contributed by atoms with Crippen molar-refractivity contribution in [2.75, 3.05) is 33.5 Å². The van der Waals surface area contributed by atoms with Crippen molar-refractivity contribution in [1.82, 2.24) is 9.97 Å². The summed E-state index contributed by atoms with van der Waals surface area (Å²) in [6.45, 7) is 1.87. The number of aromatic nitrogens is 2. The maximum atomic E-state index is 8.44. The zero-order valence-corrected chi connectivity index (χ0v) is 10.1. The normalized spacial score (nSPS) is 11.5. The Labute approximate surface area is 104 Å². The van der Waals surface area contributed by atoms with Crippen molar-refractivity contribution in [3.63, 3.8) is 0 Å². The van der Waals surface area contributed by atoms with Crippen molar-refractivity contribution in [2.45, 2.75) is 0 Å². The van der Waals surface area contributed by atoms with E-state index in [2.05, 4.69) is 15.1 Å². The molecule has 100 valence electrons. The molecule has 0 aliphatic heterocycles. The van der Waals surface area contributed by atoms with Crippen LogP contribution in [0, 0.1) is 0 Å². The third-order valence-electron chi connectivity index (χ3n) is 1.91. The van der Waals surface area contributed by atoms with E-state index in [0.29, 0.717) is 32.3 Å². The maximum Gasteiger partial charge on any atom is 0.232 e. The smallest absolute Gasteiger partial charge is 0.232 e. The Morgan fingerprint density at radius 3 is 2.67 bits per heavy atom. The average Bonchev–Trinajstić information content (AvgIpc) is 2.42. The Bertz CT molecular complexity index is 369. The predicted octanol–water partition coefficient (Wildman–Crippen LogP) is -0.387. The van der Waals surface area contributed by atoms with E-state index in [1.807, 2.05) is 0 Å². The largest absolute Gasteiger partial charge is 0.474 e. The number of hydrogen-bond donors (Lipinski definition) is 2. The molecule has 0 aliphatic rings. The van der Waals surface area contributed by atoms with Crippen LogP contribution in [0.15, 0.2) is 17.5 Å². The minimum absolute atomic E-state index is 0.100. The SMILES string of the molecule is COCCOCCOc1cnc(C(N)=NO)cn1. The molecular formula is C10H16N4O4. The van der Waals surface area contributed by atoms with Crippen molar-refractivity contribution < 1.29 is 19.4 Å². The topological polar surface area (TPSA) is 112 Å². The molecule has 0 unspecified atom stereocenters. The highest BCUT2D eigenvalue weighted by molar-refractivity contribution is 5.94. The van der Waals surface area contributed by atoms with E-state index in [1.54, 1.807) is 7.11 Å². The Hall–Kier alpha value is -1.93. The first-order valence-corrected chi connectivity index (χ1v) is 5.27. The van der Waals surface area contributed by atoms with Gasteiger partial charge in [-0.3, -0.25) is 0 Å². The van der Waals surface area contributed by atoms with Gasteiger partial charge in [0.2, 0.25) is 5.88 Å². The van der Waals surface area contributed by atoms with Crippen LogP contribution < -0.4 is 10.5 Å². The van der Waals surface area contributed by atoms with Crippen LogP contribution in [0.25, 0.3) is 0 Å². The fraction of sp³-hybridized carbons (Fsp3) is 0.500. The highest BCUT2D eigenvalue weighted by Crippen LogP contribution is 2.03. The van der Waals surface area contributed by atoms with E-state index in [1.165, 1.54) is 12.4 Å². The summed E-state index contributed by atoms with van der Waals surface area (Å²) in [5.74, 6) is 0.247. The van der Waals surface area contributed by atoms with Crippen molar-refractivity contribution >= 4 is 5.84 Å². The van der Waals surface area contributed by atoms with Crippen molar-refractivity contribution in [1.29, 1.82) is 0 Å². The number of ether oxygens (including phenoxy) is 3. The van der Waals surface area contributed by atoms with Gasteiger partial charge in [0.15, 0.2) is 5.84 Å². The first-order valence-electron chi connectivity index (χ1n) is 5.27. The monoisotopic (exact) mass is 256 g/mol. The summed E-state index contributed by atoms with van der Waals surface area (Å²) in [4.78, 5) is 7.86. The Kier molecular flexibility index (Phi) is 6.44. The van der Waals surface area contributed by atoms with Crippen molar-refractivity contribution in [3.8, 4) is 5.88 Å². The molecule has 0 bridgehead atoms. The van der Waals surface area contributed by atoms with Gasteiger partial charge in [0.25, 0.3) is 0 Å². The lowest BCUT2D eigenvalue weighted by Gasteiger charge is -2.06. The van der Waals surface area contributed by atoms with Gasteiger partial charge >= 0.3 is 0 Å². The molecule has 0 spiro atoms. The van der Waals surface area contributed by atoms with Gasteiger partial charge in [0.1, 0.15) is 12.3 Å². The minimum atomic E-state index is -0.100. The Morgan fingerprint density at radius 2 is 2.06 bits per heavy atom.